The van der Waals surface area contributed by atoms with Crippen molar-refractivity contribution in [1.82, 2.24) is 0 Å². The van der Waals surface area contributed by atoms with Gasteiger partial charge in [-0.15, -0.1) is 11.3 Å². The molecule has 0 aliphatic heterocycles. The second-order valence-electron chi connectivity index (χ2n) is 3.91. The average Bonchev–Trinajstić information content (AvgIpc) is 2.90. The van der Waals surface area contributed by atoms with Gasteiger partial charge in [-0.05, 0) is 23.8 Å². The first-order valence-corrected chi connectivity index (χ1v) is 7.29. The molecule has 0 radical (unpaired) electrons. The minimum absolute atomic E-state index is 0.0715. The first-order valence-electron chi connectivity index (χ1n) is 5.62. The van der Waals surface area contributed by atoms with Crippen LogP contribution in [0.1, 0.15) is 15.2 Å². The molecule has 1 aromatic carbocycles. The van der Waals surface area contributed by atoms with Gasteiger partial charge in [0.25, 0.3) is 0 Å². The number of hydrogen-bond donors (Lipinski definition) is 0. The average molecular weight is 341 g/mol. The number of methoxy groups -OCH3 is 2. The normalized spacial score (nSPS) is 10.3. The molecular formula is C14H13BrO3S. The van der Waals surface area contributed by atoms with Crippen molar-refractivity contribution < 1.29 is 14.3 Å². The molecular weight excluding hydrogens is 328 g/mol. The standard InChI is InChI=1S/C14H13BrO3S/c1-17-10-3-4-12(15)9(5-10)6-13(16)14-7-11(18-2)8-19-14/h3-5,7-8H,6H2,1-2H3. The maximum Gasteiger partial charge on any atom is 0.177 e. The van der Waals surface area contributed by atoms with E-state index in [0.29, 0.717) is 11.3 Å². The molecule has 0 aliphatic rings. The summed E-state index contributed by atoms with van der Waals surface area (Å²) in [5.74, 6) is 1.54. The number of ketones is 1. The molecule has 0 N–H and O–H groups in total. The number of rotatable bonds is 5. The van der Waals surface area contributed by atoms with Crippen molar-refractivity contribution in [3.8, 4) is 11.5 Å². The number of halogens is 1. The van der Waals surface area contributed by atoms with Crippen molar-refractivity contribution in [2.24, 2.45) is 0 Å². The SMILES string of the molecule is COc1csc(C(=O)Cc2cc(OC)ccc2Br)c1. The van der Waals surface area contributed by atoms with E-state index < -0.39 is 0 Å². The molecule has 0 bridgehead atoms. The fourth-order valence-corrected chi connectivity index (χ4v) is 2.83. The summed E-state index contributed by atoms with van der Waals surface area (Å²) < 4.78 is 11.2. The van der Waals surface area contributed by atoms with Gasteiger partial charge in [0.05, 0.1) is 19.1 Å². The minimum atomic E-state index is 0.0715. The predicted molar refractivity (Wildman–Crippen MR) is 79.6 cm³/mol. The number of thiophene rings is 1. The molecule has 0 amide bonds. The lowest BCUT2D eigenvalue weighted by atomic mass is 10.1. The van der Waals surface area contributed by atoms with E-state index in [0.717, 1.165) is 21.5 Å². The van der Waals surface area contributed by atoms with Gasteiger partial charge >= 0.3 is 0 Å². The molecule has 0 spiro atoms. The maximum absolute atomic E-state index is 12.2. The topological polar surface area (TPSA) is 35.5 Å². The monoisotopic (exact) mass is 340 g/mol. The Morgan fingerprint density at radius 1 is 1.21 bits per heavy atom. The number of ether oxygens (including phenoxy) is 2. The van der Waals surface area contributed by atoms with E-state index in [1.807, 2.05) is 23.6 Å². The Morgan fingerprint density at radius 3 is 2.58 bits per heavy atom. The van der Waals surface area contributed by atoms with Crippen LogP contribution in [0.25, 0.3) is 0 Å². The van der Waals surface area contributed by atoms with Gasteiger partial charge in [-0.25, -0.2) is 0 Å². The zero-order chi connectivity index (χ0) is 13.8. The van der Waals surface area contributed by atoms with Gasteiger partial charge in [-0.1, -0.05) is 15.9 Å². The first-order chi connectivity index (χ1) is 9.13. The van der Waals surface area contributed by atoms with Gasteiger partial charge in [-0.3, -0.25) is 4.79 Å². The van der Waals surface area contributed by atoms with E-state index in [4.69, 9.17) is 9.47 Å². The molecule has 2 rings (SSSR count). The van der Waals surface area contributed by atoms with Crippen LogP contribution < -0.4 is 9.47 Å². The van der Waals surface area contributed by atoms with Gasteiger partial charge in [0.15, 0.2) is 5.78 Å². The summed E-state index contributed by atoms with van der Waals surface area (Å²) in [6, 6.07) is 7.37. The fourth-order valence-electron chi connectivity index (χ4n) is 1.65. The molecule has 0 fully saturated rings. The van der Waals surface area contributed by atoms with E-state index in [1.54, 1.807) is 20.3 Å². The molecule has 1 heterocycles. The van der Waals surface area contributed by atoms with Gasteiger partial charge in [0.1, 0.15) is 11.5 Å². The largest absolute Gasteiger partial charge is 0.497 e. The lowest BCUT2D eigenvalue weighted by molar-refractivity contribution is 0.0996. The Labute approximate surface area is 124 Å². The molecule has 0 saturated heterocycles. The molecule has 2 aromatic rings. The quantitative estimate of drug-likeness (QED) is 0.773. The third kappa shape index (κ3) is 3.36. The third-order valence-corrected chi connectivity index (χ3v) is 4.41. The highest BCUT2D eigenvalue weighted by molar-refractivity contribution is 9.10. The van der Waals surface area contributed by atoms with Crippen LogP contribution >= 0.6 is 27.3 Å². The number of Topliss-reactive ketones (excluding diaryl/α,β-unsaturated/α-hetero) is 1. The zero-order valence-electron chi connectivity index (χ0n) is 10.6. The summed E-state index contributed by atoms with van der Waals surface area (Å²) >= 11 is 4.85. The van der Waals surface area contributed by atoms with Crippen LogP contribution in [0, 0.1) is 0 Å². The Bertz CT molecular complexity index is 592. The lowest BCUT2D eigenvalue weighted by Crippen LogP contribution is -2.02. The molecule has 0 unspecified atom stereocenters. The third-order valence-electron chi connectivity index (χ3n) is 2.69. The van der Waals surface area contributed by atoms with Crippen LogP contribution in [0.5, 0.6) is 11.5 Å². The predicted octanol–water partition coefficient (Wildman–Crippen LogP) is 3.95. The number of benzene rings is 1. The highest BCUT2D eigenvalue weighted by Crippen LogP contribution is 2.26. The molecule has 3 nitrogen and oxygen atoms in total. The van der Waals surface area contributed by atoms with Crippen molar-refractivity contribution in [3.63, 3.8) is 0 Å². The second-order valence-corrected chi connectivity index (χ2v) is 5.67. The highest BCUT2D eigenvalue weighted by atomic mass is 79.9. The van der Waals surface area contributed by atoms with E-state index in [-0.39, 0.29) is 5.78 Å². The summed E-state index contributed by atoms with van der Waals surface area (Å²) in [4.78, 5) is 12.9. The number of hydrogen-bond acceptors (Lipinski definition) is 4. The maximum atomic E-state index is 12.2. The zero-order valence-corrected chi connectivity index (χ0v) is 13.0. The molecule has 0 atom stereocenters. The van der Waals surface area contributed by atoms with E-state index in [1.165, 1.54) is 11.3 Å². The van der Waals surface area contributed by atoms with Crippen LogP contribution in [-0.4, -0.2) is 20.0 Å². The van der Waals surface area contributed by atoms with Crippen molar-refractivity contribution in [3.05, 3.63) is 44.6 Å². The van der Waals surface area contributed by atoms with E-state index in [2.05, 4.69) is 15.9 Å². The number of carbonyl (C=O) groups is 1. The van der Waals surface area contributed by atoms with Crippen LogP contribution in [0.4, 0.5) is 0 Å². The summed E-state index contributed by atoms with van der Waals surface area (Å²) in [6.07, 6.45) is 0.335. The molecule has 1 aromatic heterocycles. The van der Waals surface area contributed by atoms with Crippen molar-refractivity contribution in [2.75, 3.05) is 14.2 Å². The Morgan fingerprint density at radius 2 is 1.95 bits per heavy atom. The van der Waals surface area contributed by atoms with Crippen LogP contribution in [-0.2, 0) is 6.42 Å². The molecule has 100 valence electrons. The molecule has 19 heavy (non-hydrogen) atoms. The fraction of sp³-hybridized carbons (Fsp3) is 0.214. The van der Waals surface area contributed by atoms with E-state index >= 15 is 0 Å². The summed E-state index contributed by atoms with van der Waals surface area (Å²) in [7, 11) is 3.20. The lowest BCUT2D eigenvalue weighted by Gasteiger charge is -2.06. The molecule has 0 aliphatic carbocycles. The smallest absolute Gasteiger partial charge is 0.177 e. The second kappa shape index (κ2) is 6.21. The highest BCUT2D eigenvalue weighted by Gasteiger charge is 2.13. The number of carbonyl (C=O) groups excluding carboxylic acids is 1. The Balaban J connectivity index is 2.18. The Hall–Kier alpha value is -1.33. The van der Waals surface area contributed by atoms with Crippen molar-refractivity contribution in [2.45, 2.75) is 6.42 Å². The van der Waals surface area contributed by atoms with Crippen LogP contribution in [0.3, 0.4) is 0 Å². The van der Waals surface area contributed by atoms with Gasteiger partial charge in [-0.2, -0.15) is 0 Å². The van der Waals surface area contributed by atoms with Crippen molar-refractivity contribution >= 4 is 33.0 Å². The summed E-state index contributed by atoms with van der Waals surface area (Å²) in [6.45, 7) is 0. The van der Waals surface area contributed by atoms with Gasteiger partial charge in [0.2, 0.25) is 0 Å². The van der Waals surface area contributed by atoms with Crippen LogP contribution in [0.15, 0.2) is 34.1 Å². The molecule has 0 saturated carbocycles. The van der Waals surface area contributed by atoms with Crippen molar-refractivity contribution in [1.29, 1.82) is 0 Å². The Kier molecular flexibility index (Phi) is 4.61. The molecule has 5 heteroatoms. The van der Waals surface area contributed by atoms with Crippen LogP contribution in [0.2, 0.25) is 0 Å². The minimum Gasteiger partial charge on any atom is -0.497 e. The summed E-state index contributed by atoms with van der Waals surface area (Å²) in [5, 5.41) is 1.83. The van der Waals surface area contributed by atoms with Gasteiger partial charge < -0.3 is 9.47 Å². The first kappa shape index (κ1) is 14.1. The van der Waals surface area contributed by atoms with E-state index in [9.17, 15) is 4.79 Å². The van der Waals surface area contributed by atoms with Gasteiger partial charge in [0, 0.05) is 22.3 Å². The summed E-state index contributed by atoms with van der Waals surface area (Å²) in [5.41, 5.74) is 0.914.